The number of nitrogens with zero attached hydrogens (tertiary/aromatic N) is 12. The zero-order valence-corrected chi connectivity index (χ0v) is 68.0. The van der Waals surface area contributed by atoms with Gasteiger partial charge < -0.3 is 80.5 Å². The second-order valence-corrected chi connectivity index (χ2v) is 35.1. The molecule has 5 fully saturated rings. The van der Waals surface area contributed by atoms with Crippen molar-refractivity contribution in [3.05, 3.63) is 71.0 Å². The van der Waals surface area contributed by atoms with Gasteiger partial charge in [0.2, 0.25) is 11.9 Å². The molecule has 5 aliphatic rings. The first-order chi connectivity index (χ1) is 50.3. The van der Waals surface area contributed by atoms with Crippen molar-refractivity contribution in [1.29, 1.82) is 0 Å². The minimum Gasteiger partial charge on any atom is -0.390 e. The largest absolute Gasteiger partial charge is 0.390 e. The van der Waals surface area contributed by atoms with Crippen molar-refractivity contribution in [2.45, 2.75) is 244 Å². The maximum atomic E-state index is 11.0. The van der Waals surface area contributed by atoms with Crippen molar-refractivity contribution in [3.63, 3.8) is 0 Å². The van der Waals surface area contributed by atoms with Gasteiger partial charge in [-0.25, -0.2) is 34.9 Å². The third-order valence-corrected chi connectivity index (χ3v) is 24.4. The van der Waals surface area contributed by atoms with Crippen molar-refractivity contribution < 1.29 is 54.0 Å². The lowest BCUT2D eigenvalue weighted by molar-refractivity contribution is -0.167. The Labute approximate surface area is 640 Å². The molecule has 2 saturated heterocycles. The average molecular weight is 1550 g/mol. The number of methoxy groups -OCH3 is 2. The van der Waals surface area contributed by atoms with Gasteiger partial charge in [0.15, 0.2) is 16.7 Å². The van der Waals surface area contributed by atoms with E-state index in [-0.39, 0.29) is 60.5 Å². The van der Waals surface area contributed by atoms with E-state index >= 15 is 0 Å². The zero-order valence-electron chi connectivity index (χ0n) is 64.8. The van der Waals surface area contributed by atoms with Crippen LogP contribution >= 0.6 is 45.8 Å². The molecule has 0 radical (unpaired) electrons. The molecule has 9 aromatic heterocycles. The molecule has 11 heterocycles. The van der Waals surface area contributed by atoms with E-state index in [1.165, 1.54) is 23.1 Å². The Kier molecular flexibility index (Phi) is 23.3. The summed E-state index contributed by atoms with van der Waals surface area (Å²) in [5.74, 6) is 0.736. The molecule has 0 spiro atoms. The first-order valence-corrected chi connectivity index (χ1v) is 39.9. The molecule has 0 aromatic carbocycles. The highest BCUT2D eigenvalue weighted by Gasteiger charge is 2.59. The normalized spacial score (nSPS) is 25.1. The van der Waals surface area contributed by atoms with Crippen LogP contribution in [0.15, 0.2) is 41.9 Å². The second kappa shape index (κ2) is 31.2. The first kappa shape index (κ1) is 79.8. The molecular weight excluding hydrogens is 1440 g/mol. The van der Waals surface area contributed by atoms with Crippen molar-refractivity contribution in [3.8, 4) is 31.7 Å². The Bertz CT molecular complexity index is 4680. The Balaban J connectivity index is 0.000000150. The van der Waals surface area contributed by atoms with Crippen molar-refractivity contribution in [2.24, 2.45) is 17.8 Å². The smallest absolute Gasteiger partial charge is 0.224 e. The fourth-order valence-corrected chi connectivity index (χ4v) is 18.7. The topological polar surface area (TPSA) is 371 Å². The monoisotopic (exact) mass is 1550 g/mol. The highest BCUT2D eigenvalue weighted by molar-refractivity contribution is 7.98. The van der Waals surface area contributed by atoms with E-state index in [1.54, 1.807) is 63.1 Å². The molecule has 107 heavy (non-hydrogen) atoms. The Hall–Kier alpha value is -6.73. The Morgan fingerprint density at radius 1 is 0.477 bits per heavy atom. The molecule has 9 aromatic rings. The van der Waals surface area contributed by atoms with Crippen LogP contribution in [0, 0.1) is 59.3 Å². The standard InChI is InChI=1S/C27H38N6O4S.C24H34N6O4S.C24H31N5O3S2/c1-13(35-8)12-29-25-30-14(2)19(24-32-20-15(3)28-10-9-18(20)38-24)23(33-25)31-17-11-16(26(4,5)34)21-22(17)37-27(6,7)36-21;1-11(34-6)10-26-23-27-12(2)17(22-29-18-13(3)25-8-7-16(18)35-22)21(30-23)28-15-9-14(24(4,5)33)19(31)20(15)32;1-11-16(21-28-17-12(2)25-9-8-15(17)34-21)20(29-22(26-11)33-7)27-14-10-13(23(3,4)30)18-19(14)32-24(5,6)31-18/h9-10,13,16-17,21-22,34H,11-12H2,1-8H3,(H2,29,30,31,33);7-8,11,14-15,19-20,31-33H,9-10H2,1-6H3,(H2,26,27,28,30);8-9,13-14,18-19,30H,10H2,1-7H3,(H,26,27,29)/t13-,16+,17-,21-,22+;11-,14+,15-,19-,20+;13-,14+,18+,19-/m110/s1. The summed E-state index contributed by atoms with van der Waals surface area (Å²) in [6.45, 7) is 35.1. The number of ether oxygens (including phenoxy) is 6. The molecule has 14 atom stereocenters. The van der Waals surface area contributed by atoms with Crippen LogP contribution in [0.4, 0.5) is 29.4 Å². The highest BCUT2D eigenvalue weighted by atomic mass is 32.2. The summed E-state index contributed by atoms with van der Waals surface area (Å²) in [6.07, 6.45) is 6.07. The SMILES string of the molecule is CO[C@H](C)CNc1nc(C)c(-c2nc3c(C)nccc3s2)c(N[C@@H]2C[C@H](C(C)(C)O)[C@@H](O)[C@H]2O)n1.CO[C@H](C)CNc1nc(C)c(-c2nc3c(C)nccc3s2)c(N[C@@H]2C[C@H](C(C)(C)O)[C@H]3OC(C)(C)O[C@H]32)n1.CSc1nc(C)c(-c2nc3c(C)nccc3s2)c(N[C@@H]2C[C@H](C(C)(C)O)[C@H]3OC(C)(C)O[C@H]32)n1. The fraction of sp³-hybridized carbons (Fsp3) is 0.600. The number of pyridine rings is 3. The van der Waals surface area contributed by atoms with E-state index in [2.05, 4.69) is 46.5 Å². The average Bonchev–Trinajstić information content (AvgIpc) is 1.60. The van der Waals surface area contributed by atoms with Crippen LogP contribution in [0.25, 0.3) is 62.4 Å². The molecule has 0 amide bonds. The number of aryl methyl sites for hydroxylation is 6. The van der Waals surface area contributed by atoms with E-state index in [0.717, 1.165) is 96.7 Å². The van der Waals surface area contributed by atoms with Crippen molar-refractivity contribution in [1.82, 2.24) is 59.8 Å². The maximum Gasteiger partial charge on any atom is 0.224 e. The van der Waals surface area contributed by atoms with Crippen LogP contribution < -0.4 is 26.6 Å². The molecule has 28 nitrogen and oxygen atoms in total. The molecular formula is C75H103N17O11S4. The summed E-state index contributed by atoms with van der Waals surface area (Å²) < 4.78 is 39.0. The Morgan fingerprint density at radius 2 is 0.813 bits per heavy atom. The summed E-state index contributed by atoms with van der Waals surface area (Å²) in [5.41, 5.74) is 7.13. The van der Waals surface area contributed by atoms with Crippen LogP contribution in [0.1, 0.15) is 137 Å². The summed E-state index contributed by atoms with van der Waals surface area (Å²) in [5, 5.41) is 74.0. The molecule has 578 valence electrons. The van der Waals surface area contributed by atoms with Crippen LogP contribution in [0.3, 0.4) is 0 Å². The lowest BCUT2D eigenvalue weighted by atomic mass is 9.87. The molecule has 3 aliphatic carbocycles. The number of hydrogen-bond acceptors (Lipinski definition) is 32. The number of nitrogens with one attached hydrogen (secondary N) is 5. The summed E-state index contributed by atoms with van der Waals surface area (Å²) in [7, 11) is 3.32. The number of thioether (sulfide) groups is 1. The van der Waals surface area contributed by atoms with Gasteiger partial charge in [0.25, 0.3) is 0 Å². The highest BCUT2D eigenvalue weighted by Crippen LogP contribution is 2.50. The summed E-state index contributed by atoms with van der Waals surface area (Å²) in [6, 6.07) is 5.18. The second-order valence-electron chi connectivity index (χ2n) is 31.2. The number of thiazole rings is 3. The van der Waals surface area contributed by atoms with Gasteiger partial charge in [-0.1, -0.05) is 11.8 Å². The number of aromatic nitrogens is 12. The van der Waals surface area contributed by atoms with Gasteiger partial charge in [0.1, 0.15) is 67.3 Å². The fourth-order valence-electron chi connectivity index (χ4n) is 15.0. The third kappa shape index (κ3) is 17.3. The zero-order chi connectivity index (χ0) is 77.3. The lowest BCUT2D eigenvalue weighted by Crippen LogP contribution is -2.40. The molecule has 10 N–H and O–H groups in total. The van der Waals surface area contributed by atoms with Crippen LogP contribution in [0.2, 0.25) is 0 Å². The quantitative estimate of drug-likeness (QED) is 0.0236. The van der Waals surface area contributed by atoms with E-state index in [4.69, 9.17) is 68.3 Å². The molecule has 0 unspecified atom stereocenters. The van der Waals surface area contributed by atoms with Gasteiger partial charge in [-0.15, -0.1) is 34.0 Å². The third-order valence-electron chi connectivity index (χ3n) is 20.7. The predicted molar refractivity (Wildman–Crippen MR) is 421 cm³/mol. The first-order valence-electron chi connectivity index (χ1n) is 36.3. The van der Waals surface area contributed by atoms with Crippen LogP contribution in [-0.2, 0) is 28.4 Å². The van der Waals surface area contributed by atoms with Crippen LogP contribution in [-0.4, -0.2) is 214 Å². The van der Waals surface area contributed by atoms with Gasteiger partial charge in [0.05, 0.1) is 130 Å². The number of aliphatic hydroxyl groups excluding tert-OH is 2. The van der Waals surface area contributed by atoms with Crippen molar-refractivity contribution in [2.75, 3.05) is 60.1 Å². The lowest BCUT2D eigenvalue weighted by Gasteiger charge is -2.31. The summed E-state index contributed by atoms with van der Waals surface area (Å²) >= 11 is 6.24. The number of hydrogen-bond donors (Lipinski definition) is 10. The van der Waals surface area contributed by atoms with E-state index in [0.29, 0.717) is 66.7 Å². The van der Waals surface area contributed by atoms with Crippen LogP contribution in [0.5, 0.6) is 0 Å². The molecule has 3 saturated carbocycles. The molecule has 14 rings (SSSR count). The minimum atomic E-state index is -1.14. The van der Waals surface area contributed by atoms with Gasteiger partial charge in [-0.3, -0.25) is 15.0 Å². The van der Waals surface area contributed by atoms with Crippen molar-refractivity contribution >= 4 is 106 Å². The minimum absolute atomic E-state index is 0.00383. The Morgan fingerprint density at radius 3 is 1.15 bits per heavy atom. The van der Waals surface area contributed by atoms with E-state index in [1.807, 2.05) is 141 Å². The molecule has 32 heteroatoms. The number of anilines is 5. The van der Waals surface area contributed by atoms with Gasteiger partial charge in [-0.2, -0.15) is 9.97 Å². The number of aliphatic hydroxyl groups is 5. The van der Waals surface area contributed by atoms with E-state index < -0.39 is 52.5 Å². The van der Waals surface area contributed by atoms with Gasteiger partial charge in [0, 0.05) is 63.7 Å². The van der Waals surface area contributed by atoms with Gasteiger partial charge in [-0.05, 0) is 168 Å². The number of rotatable bonds is 21. The molecule has 0 bridgehead atoms. The molecule has 2 aliphatic heterocycles. The predicted octanol–water partition coefficient (Wildman–Crippen LogP) is 11.4. The van der Waals surface area contributed by atoms with E-state index in [9.17, 15) is 25.5 Å². The maximum absolute atomic E-state index is 11.0. The summed E-state index contributed by atoms with van der Waals surface area (Å²) in [4.78, 5) is 56.4. The van der Waals surface area contributed by atoms with Gasteiger partial charge >= 0.3 is 0 Å². The number of fused-ring (bicyclic) bond motifs is 5.